The molecule has 17 heavy (non-hydrogen) atoms. The summed E-state index contributed by atoms with van der Waals surface area (Å²) in [5, 5.41) is 12.7. The lowest BCUT2D eigenvalue weighted by Crippen LogP contribution is -2.28. The lowest BCUT2D eigenvalue weighted by molar-refractivity contribution is 0.185. The number of rotatable bonds is 3. The highest BCUT2D eigenvalue weighted by Crippen LogP contribution is 2.36. The van der Waals surface area contributed by atoms with Crippen LogP contribution < -0.4 is 10.1 Å². The molecule has 0 fully saturated rings. The van der Waals surface area contributed by atoms with Crippen LogP contribution in [-0.2, 0) is 0 Å². The topological polar surface area (TPSA) is 41.5 Å². The Labute approximate surface area is 110 Å². The van der Waals surface area contributed by atoms with Crippen LogP contribution in [0.25, 0.3) is 0 Å². The number of nitrogens with one attached hydrogen (secondary N) is 1. The molecule has 0 spiro atoms. The molecule has 1 aliphatic rings. The van der Waals surface area contributed by atoms with Gasteiger partial charge in [-0.3, -0.25) is 0 Å². The summed E-state index contributed by atoms with van der Waals surface area (Å²) in [4.78, 5) is 0. The fourth-order valence-electron chi connectivity index (χ4n) is 2.09. The van der Waals surface area contributed by atoms with Crippen LogP contribution in [-0.4, -0.2) is 24.4 Å². The van der Waals surface area contributed by atoms with E-state index in [1.165, 1.54) is 5.56 Å². The van der Waals surface area contributed by atoms with Gasteiger partial charge in [-0.05, 0) is 41.8 Å². The maximum absolute atomic E-state index is 9.35. The summed E-state index contributed by atoms with van der Waals surface area (Å²) in [5.41, 5.74) is 1.18. The molecule has 0 bridgehead atoms. The molecule has 2 atom stereocenters. The lowest BCUT2D eigenvalue weighted by atomic mass is 10.0. The Morgan fingerprint density at radius 3 is 3.18 bits per heavy atom. The Hall–Kier alpha value is -0.580. The Morgan fingerprint density at radius 2 is 2.41 bits per heavy atom. The molecule has 1 heterocycles. The normalized spacial score (nSPS) is 21.2. The first kappa shape index (κ1) is 12.9. The monoisotopic (exact) mass is 299 g/mol. The van der Waals surface area contributed by atoms with Gasteiger partial charge in [0.25, 0.3) is 0 Å². The number of benzene rings is 1. The summed E-state index contributed by atoms with van der Waals surface area (Å²) in [6, 6.07) is 6.37. The molecule has 0 saturated carbocycles. The summed E-state index contributed by atoms with van der Waals surface area (Å²) >= 11 is 3.52. The van der Waals surface area contributed by atoms with E-state index in [2.05, 4.69) is 27.3 Å². The highest BCUT2D eigenvalue weighted by molar-refractivity contribution is 9.10. The van der Waals surface area contributed by atoms with Crippen molar-refractivity contribution in [1.29, 1.82) is 0 Å². The van der Waals surface area contributed by atoms with E-state index in [4.69, 9.17) is 4.74 Å². The quantitative estimate of drug-likeness (QED) is 0.901. The van der Waals surface area contributed by atoms with Gasteiger partial charge in [0.2, 0.25) is 0 Å². The van der Waals surface area contributed by atoms with E-state index in [1.54, 1.807) is 6.92 Å². The number of fused-ring (bicyclic) bond motifs is 1. The van der Waals surface area contributed by atoms with E-state index in [9.17, 15) is 5.11 Å². The van der Waals surface area contributed by atoms with Gasteiger partial charge in [0.15, 0.2) is 0 Å². The molecule has 0 radical (unpaired) electrons. The van der Waals surface area contributed by atoms with Crippen molar-refractivity contribution in [2.45, 2.75) is 31.9 Å². The number of aliphatic hydroxyl groups is 1. The first-order chi connectivity index (χ1) is 8.18. The zero-order valence-electron chi connectivity index (χ0n) is 9.95. The molecule has 0 aliphatic carbocycles. The predicted molar refractivity (Wildman–Crippen MR) is 71.3 cm³/mol. The van der Waals surface area contributed by atoms with E-state index in [1.807, 2.05) is 12.1 Å². The highest BCUT2D eigenvalue weighted by atomic mass is 79.9. The predicted octanol–water partition coefficient (Wildman–Crippen LogP) is 2.63. The summed E-state index contributed by atoms with van der Waals surface area (Å²) in [6.07, 6.45) is 1.74. The van der Waals surface area contributed by atoms with E-state index in [0.29, 0.717) is 6.54 Å². The van der Waals surface area contributed by atoms with Crippen molar-refractivity contribution in [2.75, 3.05) is 13.2 Å². The second-order valence-electron chi connectivity index (χ2n) is 4.46. The fourth-order valence-corrected chi connectivity index (χ4v) is 2.59. The van der Waals surface area contributed by atoms with Gasteiger partial charge in [0, 0.05) is 18.2 Å². The third kappa shape index (κ3) is 3.21. The van der Waals surface area contributed by atoms with Crippen LogP contribution >= 0.6 is 15.9 Å². The molecule has 0 amide bonds. The maximum Gasteiger partial charge on any atom is 0.138 e. The molecule has 1 aliphatic heterocycles. The first-order valence-electron chi connectivity index (χ1n) is 6.01. The van der Waals surface area contributed by atoms with Crippen LogP contribution in [0.3, 0.4) is 0 Å². The van der Waals surface area contributed by atoms with Gasteiger partial charge >= 0.3 is 0 Å². The molecule has 2 N–H and O–H groups in total. The van der Waals surface area contributed by atoms with Crippen molar-refractivity contribution >= 4 is 15.9 Å². The number of para-hydroxylation sites is 1. The zero-order valence-corrected chi connectivity index (χ0v) is 11.5. The van der Waals surface area contributed by atoms with E-state index in [-0.39, 0.29) is 12.1 Å². The fraction of sp³-hybridized carbons (Fsp3) is 0.538. The Morgan fingerprint density at radius 1 is 1.59 bits per heavy atom. The van der Waals surface area contributed by atoms with Gasteiger partial charge in [0.05, 0.1) is 17.2 Å². The summed E-state index contributed by atoms with van der Waals surface area (Å²) < 4.78 is 6.77. The summed E-state index contributed by atoms with van der Waals surface area (Å²) in [5.74, 6) is 0.938. The molecular weight excluding hydrogens is 282 g/mol. The summed E-state index contributed by atoms with van der Waals surface area (Å²) in [7, 11) is 0. The average molecular weight is 300 g/mol. The standard InChI is InChI=1S/C13H18BrNO2/c1-9(16)8-15-12-6-3-7-17-13-10(12)4-2-5-11(13)14/h2,4-5,9,12,15-16H,3,6-8H2,1H3. The number of ether oxygens (including phenoxy) is 1. The molecule has 2 unspecified atom stereocenters. The van der Waals surface area contributed by atoms with Crippen molar-refractivity contribution in [3.63, 3.8) is 0 Å². The number of halogens is 1. The molecule has 3 nitrogen and oxygen atoms in total. The van der Waals surface area contributed by atoms with E-state index in [0.717, 1.165) is 29.7 Å². The van der Waals surface area contributed by atoms with Gasteiger partial charge in [-0.25, -0.2) is 0 Å². The number of hydrogen-bond donors (Lipinski definition) is 2. The van der Waals surface area contributed by atoms with Crippen molar-refractivity contribution in [3.8, 4) is 5.75 Å². The van der Waals surface area contributed by atoms with Crippen LogP contribution in [0.5, 0.6) is 5.75 Å². The molecule has 0 saturated heterocycles. The lowest BCUT2D eigenvalue weighted by Gasteiger charge is -2.19. The molecule has 0 aromatic heterocycles. The van der Waals surface area contributed by atoms with Gasteiger partial charge < -0.3 is 15.2 Å². The molecule has 1 aromatic rings. The van der Waals surface area contributed by atoms with Crippen LogP contribution in [0.2, 0.25) is 0 Å². The third-order valence-electron chi connectivity index (χ3n) is 2.92. The Kier molecular flexibility index (Phi) is 4.42. The van der Waals surface area contributed by atoms with Crippen LogP contribution in [0.15, 0.2) is 22.7 Å². The SMILES string of the molecule is CC(O)CNC1CCCOc2c(Br)cccc21. The highest BCUT2D eigenvalue weighted by Gasteiger charge is 2.21. The van der Waals surface area contributed by atoms with Crippen molar-refractivity contribution in [2.24, 2.45) is 0 Å². The Bertz CT molecular complexity index is 382. The van der Waals surface area contributed by atoms with Gasteiger partial charge in [-0.2, -0.15) is 0 Å². The second-order valence-corrected chi connectivity index (χ2v) is 5.31. The van der Waals surface area contributed by atoms with E-state index < -0.39 is 0 Å². The second kappa shape index (κ2) is 5.85. The van der Waals surface area contributed by atoms with Crippen LogP contribution in [0.1, 0.15) is 31.4 Å². The van der Waals surface area contributed by atoms with Crippen molar-refractivity contribution in [3.05, 3.63) is 28.2 Å². The van der Waals surface area contributed by atoms with Crippen LogP contribution in [0, 0.1) is 0 Å². The maximum atomic E-state index is 9.35. The first-order valence-corrected chi connectivity index (χ1v) is 6.80. The van der Waals surface area contributed by atoms with E-state index >= 15 is 0 Å². The zero-order chi connectivity index (χ0) is 12.3. The minimum Gasteiger partial charge on any atom is -0.492 e. The molecule has 4 heteroatoms. The van der Waals surface area contributed by atoms with Crippen molar-refractivity contribution < 1.29 is 9.84 Å². The minimum absolute atomic E-state index is 0.264. The number of hydrogen-bond acceptors (Lipinski definition) is 3. The van der Waals surface area contributed by atoms with Crippen LogP contribution in [0.4, 0.5) is 0 Å². The largest absolute Gasteiger partial charge is 0.492 e. The Balaban J connectivity index is 2.21. The molecule has 1 aromatic carbocycles. The van der Waals surface area contributed by atoms with Crippen molar-refractivity contribution in [1.82, 2.24) is 5.32 Å². The molecule has 2 rings (SSSR count). The van der Waals surface area contributed by atoms with Gasteiger partial charge in [-0.1, -0.05) is 12.1 Å². The summed E-state index contributed by atoms with van der Waals surface area (Å²) in [6.45, 7) is 3.15. The third-order valence-corrected chi connectivity index (χ3v) is 3.54. The average Bonchev–Trinajstić information content (AvgIpc) is 2.50. The molecule has 94 valence electrons. The number of aliphatic hydroxyl groups excluding tert-OH is 1. The smallest absolute Gasteiger partial charge is 0.138 e. The van der Waals surface area contributed by atoms with Gasteiger partial charge in [0.1, 0.15) is 5.75 Å². The minimum atomic E-state index is -0.324. The van der Waals surface area contributed by atoms with Gasteiger partial charge in [-0.15, -0.1) is 0 Å². The molecular formula is C13H18BrNO2.